The van der Waals surface area contributed by atoms with Crippen LogP contribution in [-0.2, 0) is 4.79 Å². The predicted octanol–water partition coefficient (Wildman–Crippen LogP) is 4.77. The molecule has 5 nitrogen and oxygen atoms in total. The Morgan fingerprint density at radius 2 is 1.96 bits per heavy atom. The van der Waals surface area contributed by atoms with Crippen LogP contribution in [0.5, 0.6) is 16.7 Å². The van der Waals surface area contributed by atoms with Gasteiger partial charge in [0.1, 0.15) is 16.4 Å². The monoisotopic (exact) mass is 398 g/mol. The molecule has 1 aromatic carbocycles. The van der Waals surface area contributed by atoms with Crippen molar-refractivity contribution in [2.24, 2.45) is 5.92 Å². The number of hydrogen-bond acceptors (Lipinski definition) is 5. The summed E-state index contributed by atoms with van der Waals surface area (Å²) in [6, 6.07) is 7.44. The van der Waals surface area contributed by atoms with E-state index in [2.05, 4.69) is 22.1 Å². The first-order valence-electron chi connectivity index (χ1n) is 9.73. The van der Waals surface area contributed by atoms with Gasteiger partial charge in [0, 0.05) is 6.92 Å². The van der Waals surface area contributed by atoms with Gasteiger partial charge in [0.2, 0.25) is 5.91 Å². The van der Waals surface area contributed by atoms with E-state index in [0.29, 0.717) is 16.9 Å². The molecule has 3 rings (SSSR count). The largest absolute Gasteiger partial charge is 0.493 e. The van der Waals surface area contributed by atoms with Crippen molar-refractivity contribution in [3.05, 3.63) is 35.3 Å². The van der Waals surface area contributed by atoms with Gasteiger partial charge in [-0.05, 0) is 49.9 Å². The summed E-state index contributed by atoms with van der Waals surface area (Å²) in [6.45, 7) is 4.11. The summed E-state index contributed by atoms with van der Waals surface area (Å²) in [5.74, 6) is 8.15. The Labute approximate surface area is 170 Å². The van der Waals surface area contributed by atoms with Crippen LogP contribution in [-0.4, -0.2) is 23.5 Å². The van der Waals surface area contributed by atoms with Gasteiger partial charge in [-0.1, -0.05) is 42.4 Å². The highest BCUT2D eigenvalue weighted by Crippen LogP contribution is 2.28. The molecule has 1 unspecified atom stereocenters. The third-order valence-electron chi connectivity index (χ3n) is 4.56. The smallest absolute Gasteiger partial charge is 0.279 e. The van der Waals surface area contributed by atoms with Crippen molar-refractivity contribution in [1.29, 1.82) is 0 Å². The molecule has 1 aliphatic rings. The number of nitrogens with one attached hydrogen (secondary N) is 1. The molecule has 1 saturated carbocycles. The van der Waals surface area contributed by atoms with Crippen molar-refractivity contribution >= 4 is 17.2 Å². The van der Waals surface area contributed by atoms with Gasteiger partial charge in [-0.15, -0.1) is 0 Å². The van der Waals surface area contributed by atoms with Crippen LogP contribution in [0.3, 0.4) is 0 Å². The molecular formula is C22H26N2O3S. The highest BCUT2D eigenvalue weighted by atomic mass is 32.1. The number of aromatic nitrogens is 1. The Bertz CT molecular complexity index is 829. The normalized spacial score (nSPS) is 15.2. The van der Waals surface area contributed by atoms with Crippen LogP contribution in [0.25, 0.3) is 0 Å². The zero-order chi connectivity index (χ0) is 19.8. The minimum Gasteiger partial charge on any atom is -0.493 e. The summed E-state index contributed by atoms with van der Waals surface area (Å²) in [5, 5.41) is 3.26. The Balaban J connectivity index is 1.49. The maximum Gasteiger partial charge on any atom is 0.279 e. The first-order chi connectivity index (χ1) is 13.6. The van der Waals surface area contributed by atoms with Crippen LogP contribution in [0.4, 0.5) is 0 Å². The number of benzene rings is 1. The van der Waals surface area contributed by atoms with Gasteiger partial charge in [0.15, 0.2) is 0 Å². The Kier molecular flexibility index (Phi) is 7.32. The van der Waals surface area contributed by atoms with Gasteiger partial charge in [-0.2, -0.15) is 0 Å². The van der Waals surface area contributed by atoms with Gasteiger partial charge in [0.25, 0.3) is 5.19 Å². The number of nitrogens with zero attached hydrogens (tertiary/aromatic N) is 1. The highest BCUT2D eigenvalue weighted by Gasteiger charge is 2.14. The van der Waals surface area contributed by atoms with Crippen molar-refractivity contribution in [2.45, 2.75) is 52.0 Å². The van der Waals surface area contributed by atoms with Crippen molar-refractivity contribution in [3.8, 4) is 28.5 Å². The molecule has 28 heavy (non-hydrogen) atoms. The number of amides is 1. The summed E-state index contributed by atoms with van der Waals surface area (Å²) in [4.78, 5) is 16.0. The Hall–Kier alpha value is -2.52. The quantitative estimate of drug-likeness (QED) is 0.712. The van der Waals surface area contributed by atoms with Crippen LogP contribution in [0, 0.1) is 17.8 Å². The zero-order valence-electron chi connectivity index (χ0n) is 16.4. The molecule has 1 heterocycles. The average Bonchev–Trinajstić information content (AvgIpc) is 3.13. The molecule has 1 fully saturated rings. The van der Waals surface area contributed by atoms with Gasteiger partial charge >= 0.3 is 0 Å². The fourth-order valence-electron chi connectivity index (χ4n) is 3.16. The lowest BCUT2D eigenvalue weighted by atomic mass is 9.90. The van der Waals surface area contributed by atoms with Crippen LogP contribution in [0.1, 0.15) is 50.8 Å². The number of carbonyl (C=O) groups is 1. The number of thiazole rings is 1. The van der Waals surface area contributed by atoms with E-state index >= 15 is 0 Å². The zero-order valence-corrected chi connectivity index (χ0v) is 17.2. The number of ether oxygens (including phenoxy) is 2. The van der Waals surface area contributed by atoms with E-state index in [0.717, 1.165) is 17.2 Å². The molecule has 0 radical (unpaired) electrons. The lowest BCUT2D eigenvalue weighted by Gasteiger charge is -2.21. The lowest BCUT2D eigenvalue weighted by Crippen LogP contribution is -2.28. The summed E-state index contributed by atoms with van der Waals surface area (Å²) >= 11 is 1.37. The van der Waals surface area contributed by atoms with E-state index in [4.69, 9.17) is 9.47 Å². The van der Waals surface area contributed by atoms with E-state index in [1.807, 2.05) is 31.2 Å². The van der Waals surface area contributed by atoms with Crippen LogP contribution in [0.15, 0.2) is 30.5 Å². The molecule has 148 valence electrons. The van der Waals surface area contributed by atoms with Crippen molar-refractivity contribution in [1.82, 2.24) is 10.3 Å². The fourth-order valence-corrected chi connectivity index (χ4v) is 3.80. The molecule has 1 amide bonds. The Morgan fingerprint density at radius 1 is 1.25 bits per heavy atom. The number of rotatable bonds is 6. The molecule has 1 atom stereocenters. The molecule has 6 heteroatoms. The highest BCUT2D eigenvalue weighted by molar-refractivity contribution is 7.13. The standard InChI is InChI=1S/C22H26N2O3S/c1-16(24-17(2)25)8-13-21-14-23-22(28-21)27-20-11-9-19(10-12-20)26-15-18-6-4-3-5-7-18/h9-12,14,16,18H,3-7,15H2,1-2H3,(H,24,25). The first kappa shape index (κ1) is 20.2. The third kappa shape index (κ3) is 6.58. The van der Waals surface area contributed by atoms with Gasteiger partial charge < -0.3 is 14.8 Å². The van der Waals surface area contributed by atoms with Gasteiger partial charge in [-0.25, -0.2) is 4.98 Å². The van der Waals surface area contributed by atoms with E-state index < -0.39 is 0 Å². The molecule has 1 aliphatic carbocycles. The Morgan fingerprint density at radius 3 is 2.68 bits per heavy atom. The minimum atomic E-state index is -0.204. The van der Waals surface area contributed by atoms with E-state index in [1.165, 1.54) is 50.4 Å². The van der Waals surface area contributed by atoms with Crippen molar-refractivity contribution in [3.63, 3.8) is 0 Å². The summed E-state index contributed by atoms with van der Waals surface area (Å²) in [7, 11) is 0. The number of carbonyl (C=O) groups excluding carboxylic acids is 1. The van der Waals surface area contributed by atoms with E-state index in [9.17, 15) is 4.79 Å². The lowest BCUT2D eigenvalue weighted by molar-refractivity contribution is -0.119. The second kappa shape index (κ2) is 10.1. The molecule has 2 aromatic rings. The fraction of sp³-hybridized carbons (Fsp3) is 0.455. The summed E-state index contributed by atoms with van der Waals surface area (Å²) in [6.07, 6.45) is 8.25. The third-order valence-corrected chi connectivity index (χ3v) is 5.35. The van der Waals surface area contributed by atoms with E-state index in [1.54, 1.807) is 6.20 Å². The minimum absolute atomic E-state index is 0.0960. The van der Waals surface area contributed by atoms with Crippen LogP contribution < -0.4 is 14.8 Å². The molecule has 0 aliphatic heterocycles. The second-order valence-corrected chi connectivity index (χ2v) is 8.06. The second-order valence-electron chi connectivity index (χ2n) is 7.07. The maximum absolute atomic E-state index is 11.0. The van der Waals surface area contributed by atoms with E-state index in [-0.39, 0.29) is 11.9 Å². The molecule has 0 spiro atoms. The maximum atomic E-state index is 11.0. The summed E-state index contributed by atoms with van der Waals surface area (Å²) < 4.78 is 11.7. The predicted molar refractivity (Wildman–Crippen MR) is 111 cm³/mol. The molecule has 1 N–H and O–H groups in total. The van der Waals surface area contributed by atoms with Gasteiger partial charge in [-0.3, -0.25) is 4.79 Å². The van der Waals surface area contributed by atoms with Crippen LogP contribution >= 0.6 is 11.3 Å². The molecular weight excluding hydrogens is 372 g/mol. The van der Waals surface area contributed by atoms with Crippen molar-refractivity contribution < 1.29 is 14.3 Å². The topological polar surface area (TPSA) is 60.5 Å². The average molecular weight is 399 g/mol. The van der Waals surface area contributed by atoms with Crippen LogP contribution in [0.2, 0.25) is 0 Å². The molecule has 1 aromatic heterocycles. The SMILES string of the molecule is CC(=O)NC(C)C#Cc1cnc(Oc2ccc(OCC3CCCCC3)cc2)s1. The summed E-state index contributed by atoms with van der Waals surface area (Å²) in [5.41, 5.74) is 0. The van der Waals surface area contributed by atoms with Crippen molar-refractivity contribution in [2.75, 3.05) is 6.61 Å². The molecule has 0 bridgehead atoms. The molecule has 0 saturated heterocycles. The first-order valence-corrected chi connectivity index (χ1v) is 10.6. The number of hydrogen-bond donors (Lipinski definition) is 1. The van der Waals surface area contributed by atoms with Gasteiger partial charge in [0.05, 0.1) is 18.8 Å².